The molecule has 0 N–H and O–H groups in total. The molecule has 4 nitrogen and oxygen atoms in total. The largest absolute Gasteiger partial charge is 0.334 e. The van der Waals surface area contributed by atoms with E-state index < -0.39 is 0 Å². The number of imidazole rings is 2. The number of rotatable bonds is 0. The SMILES string of the molecule is Cc1nc2cc3c(cc2n1C)ncn3C. The zero-order chi connectivity index (χ0) is 10.6. The van der Waals surface area contributed by atoms with Crippen molar-refractivity contribution in [2.24, 2.45) is 14.1 Å². The molecular formula is C11H12N4. The molecule has 0 aliphatic rings. The highest BCUT2D eigenvalue weighted by atomic mass is 15.1. The summed E-state index contributed by atoms with van der Waals surface area (Å²) in [6.07, 6.45) is 1.83. The van der Waals surface area contributed by atoms with E-state index in [0.29, 0.717) is 0 Å². The molecule has 0 bridgehead atoms. The molecule has 0 spiro atoms. The second-order valence-corrected chi connectivity index (χ2v) is 3.90. The summed E-state index contributed by atoms with van der Waals surface area (Å²) in [7, 11) is 4.02. The van der Waals surface area contributed by atoms with Crippen LogP contribution in [0.3, 0.4) is 0 Å². The number of benzene rings is 1. The van der Waals surface area contributed by atoms with Crippen molar-refractivity contribution in [1.82, 2.24) is 19.1 Å². The third-order valence-corrected chi connectivity index (χ3v) is 2.95. The maximum atomic E-state index is 4.51. The highest BCUT2D eigenvalue weighted by Crippen LogP contribution is 2.21. The number of aryl methyl sites for hydroxylation is 3. The third-order valence-electron chi connectivity index (χ3n) is 2.95. The van der Waals surface area contributed by atoms with E-state index in [9.17, 15) is 0 Å². The van der Waals surface area contributed by atoms with Crippen LogP contribution in [0.2, 0.25) is 0 Å². The molecule has 0 unspecified atom stereocenters. The van der Waals surface area contributed by atoms with E-state index in [1.165, 1.54) is 0 Å². The first kappa shape index (κ1) is 8.47. The Hall–Kier alpha value is -1.84. The fraction of sp³-hybridized carbons (Fsp3) is 0.273. The lowest BCUT2D eigenvalue weighted by Crippen LogP contribution is -1.90. The van der Waals surface area contributed by atoms with E-state index in [1.807, 2.05) is 31.9 Å². The molecule has 3 rings (SSSR count). The van der Waals surface area contributed by atoms with Gasteiger partial charge in [0.25, 0.3) is 0 Å². The maximum absolute atomic E-state index is 4.51. The van der Waals surface area contributed by atoms with Crippen molar-refractivity contribution in [2.75, 3.05) is 0 Å². The number of nitrogens with zero attached hydrogens (tertiary/aromatic N) is 4. The molecule has 4 heteroatoms. The summed E-state index contributed by atoms with van der Waals surface area (Å²) in [6.45, 7) is 2.01. The van der Waals surface area contributed by atoms with Crippen LogP contribution in [0, 0.1) is 6.92 Å². The quantitative estimate of drug-likeness (QED) is 0.554. The van der Waals surface area contributed by atoms with Crippen molar-refractivity contribution in [3.8, 4) is 0 Å². The van der Waals surface area contributed by atoms with Gasteiger partial charge in [0.2, 0.25) is 0 Å². The van der Waals surface area contributed by atoms with Gasteiger partial charge in [-0.05, 0) is 19.1 Å². The molecule has 0 radical (unpaired) electrons. The number of fused-ring (bicyclic) bond motifs is 2. The fourth-order valence-corrected chi connectivity index (χ4v) is 1.93. The number of aromatic nitrogens is 4. The monoisotopic (exact) mass is 200 g/mol. The minimum atomic E-state index is 1.02. The standard InChI is InChI=1S/C11H12N4/c1-7-13-9-5-10-8(12-6-14(10)2)4-11(9)15(7)3/h4-6H,1-3H3. The molecule has 0 amide bonds. The normalized spacial score (nSPS) is 11.7. The first-order valence-electron chi connectivity index (χ1n) is 4.91. The topological polar surface area (TPSA) is 35.6 Å². The molecule has 15 heavy (non-hydrogen) atoms. The first-order chi connectivity index (χ1) is 7.16. The van der Waals surface area contributed by atoms with Crippen LogP contribution < -0.4 is 0 Å². The van der Waals surface area contributed by atoms with Crippen LogP contribution in [-0.2, 0) is 14.1 Å². The van der Waals surface area contributed by atoms with Crippen molar-refractivity contribution in [3.63, 3.8) is 0 Å². The summed E-state index contributed by atoms with van der Waals surface area (Å²) in [6, 6.07) is 4.18. The van der Waals surface area contributed by atoms with E-state index in [2.05, 4.69) is 26.7 Å². The Labute approximate surface area is 87.2 Å². The second-order valence-electron chi connectivity index (χ2n) is 3.90. The van der Waals surface area contributed by atoms with Crippen LogP contribution in [0.15, 0.2) is 18.5 Å². The van der Waals surface area contributed by atoms with Crippen LogP contribution >= 0.6 is 0 Å². The number of hydrogen-bond acceptors (Lipinski definition) is 2. The Morgan fingerprint density at radius 2 is 1.80 bits per heavy atom. The lowest BCUT2D eigenvalue weighted by atomic mass is 10.2. The molecule has 1 aromatic carbocycles. The lowest BCUT2D eigenvalue weighted by molar-refractivity contribution is 0.886. The van der Waals surface area contributed by atoms with Gasteiger partial charge in [-0.1, -0.05) is 0 Å². The summed E-state index contributed by atoms with van der Waals surface area (Å²) in [5.74, 6) is 1.03. The lowest BCUT2D eigenvalue weighted by Gasteiger charge is -1.97. The van der Waals surface area contributed by atoms with Gasteiger partial charge < -0.3 is 9.13 Å². The van der Waals surface area contributed by atoms with Crippen LogP contribution in [-0.4, -0.2) is 19.1 Å². The molecule has 0 fully saturated rings. The van der Waals surface area contributed by atoms with Crippen molar-refractivity contribution in [2.45, 2.75) is 6.92 Å². The van der Waals surface area contributed by atoms with Gasteiger partial charge in [0.1, 0.15) is 5.82 Å². The Morgan fingerprint density at radius 3 is 2.60 bits per heavy atom. The Bertz CT molecular complexity index is 660. The Morgan fingerprint density at radius 1 is 1.07 bits per heavy atom. The molecule has 0 aliphatic carbocycles. The summed E-state index contributed by atoms with van der Waals surface area (Å²) >= 11 is 0. The molecule has 76 valence electrons. The molecule has 0 atom stereocenters. The smallest absolute Gasteiger partial charge is 0.106 e. The van der Waals surface area contributed by atoms with Gasteiger partial charge >= 0.3 is 0 Å². The van der Waals surface area contributed by atoms with Gasteiger partial charge in [0, 0.05) is 14.1 Å². The molecule has 2 aromatic heterocycles. The minimum absolute atomic E-state index is 1.02. The fourth-order valence-electron chi connectivity index (χ4n) is 1.93. The first-order valence-corrected chi connectivity index (χ1v) is 4.91. The minimum Gasteiger partial charge on any atom is -0.334 e. The van der Waals surface area contributed by atoms with Crippen molar-refractivity contribution < 1.29 is 0 Å². The van der Waals surface area contributed by atoms with Crippen LogP contribution in [0.25, 0.3) is 22.1 Å². The molecule has 2 heterocycles. The van der Waals surface area contributed by atoms with Gasteiger partial charge in [-0.3, -0.25) is 0 Å². The van der Waals surface area contributed by atoms with Gasteiger partial charge in [-0.25, -0.2) is 9.97 Å². The third kappa shape index (κ3) is 1.02. The number of hydrogen-bond donors (Lipinski definition) is 0. The van der Waals surface area contributed by atoms with Crippen molar-refractivity contribution >= 4 is 22.1 Å². The summed E-state index contributed by atoms with van der Waals surface area (Å²) in [5.41, 5.74) is 4.32. The Balaban J connectivity index is 2.54. The summed E-state index contributed by atoms with van der Waals surface area (Å²) < 4.78 is 4.10. The van der Waals surface area contributed by atoms with E-state index in [1.54, 1.807) is 0 Å². The van der Waals surface area contributed by atoms with Crippen LogP contribution in [0.5, 0.6) is 0 Å². The molecule has 3 aromatic rings. The average molecular weight is 200 g/mol. The molecule has 0 aliphatic heterocycles. The van der Waals surface area contributed by atoms with Crippen molar-refractivity contribution in [1.29, 1.82) is 0 Å². The zero-order valence-corrected chi connectivity index (χ0v) is 9.02. The molecular weight excluding hydrogens is 188 g/mol. The molecule has 0 saturated carbocycles. The van der Waals surface area contributed by atoms with E-state index in [0.717, 1.165) is 27.9 Å². The van der Waals surface area contributed by atoms with Gasteiger partial charge in [0.05, 0.1) is 28.4 Å². The highest BCUT2D eigenvalue weighted by molar-refractivity contribution is 5.91. The average Bonchev–Trinajstić information content (AvgIpc) is 2.70. The van der Waals surface area contributed by atoms with E-state index in [-0.39, 0.29) is 0 Å². The molecule has 0 saturated heterocycles. The second kappa shape index (κ2) is 2.59. The van der Waals surface area contributed by atoms with E-state index >= 15 is 0 Å². The van der Waals surface area contributed by atoms with Crippen LogP contribution in [0.4, 0.5) is 0 Å². The van der Waals surface area contributed by atoms with Gasteiger partial charge in [0.15, 0.2) is 0 Å². The highest BCUT2D eigenvalue weighted by Gasteiger charge is 2.07. The van der Waals surface area contributed by atoms with Crippen molar-refractivity contribution in [3.05, 3.63) is 24.3 Å². The van der Waals surface area contributed by atoms with Gasteiger partial charge in [-0.2, -0.15) is 0 Å². The zero-order valence-electron chi connectivity index (χ0n) is 9.02. The predicted octanol–water partition coefficient (Wildman–Crippen LogP) is 1.77. The summed E-state index contributed by atoms with van der Waals surface area (Å²) in [5, 5.41) is 0. The van der Waals surface area contributed by atoms with E-state index in [4.69, 9.17) is 0 Å². The Kier molecular flexibility index (Phi) is 1.46. The van der Waals surface area contributed by atoms with Gasteiger partial charge in [-0.15, -0.1) is 0 Å². The predicted molar refractivity (Wildman–Crippen MR) is 59.7 cm³/mol. The summed E-state index contributed by atoms with van der Waals surface area (Å²) in [4.78, 5) is 8.85. The maximum Gasteiger partial charge on any atom is 0.106 e. The van der Waals surface area contributed by atoms with Crippen LogP contribution in [0.1, 0.15) is 5.82 Å².